The molecule has 342 valence electrons. The number of hydrogen-bond donors (Lipinski definition) is 5. The number of aromatic hydroxyl groups is 2. The number of rotatable bonds is 4. The molecule has 0 radical (unpaired) electrons. The van der Waals surface area contributed by atoms with Crippen molar-refractivity contribution in [3.63, 3.8) is 0 Å². The number of aromatic nitrogens is 1. The number of nitrogens with zero attached hydrogens (tertiary/aromatic N) is 3. The van der Waals surface area contributed by atoms with E-state index in [1.807, 2.05) is 4.90 Å². The number of aliphatic hydroxyl groups excluding tert-OH is 2. The number of allylic oxidation sites excluding steroid dienone is 2. The van der Waals surface area contributed by atoms with Crippen molar-refractivity contribution in [2.45, 2.75) is 92.5 Å². The average molecular weight is 895 g/mol. The van der Waals surface area contributed by atoms with E-state index in [0.29, 0.717) is 36.0 Å². The van der Waals surface area contributed by atoms with Crippen LogP contribution in [-0.2, 0) is 28.5 Å². The monoisotopic (exact) mass is 894 g/mol. The number of Topliss-reactive ketones (excluding diaryl/α,β-unsaturated/α-hetero) is 1. The minimum atomic E-state index is -1.99. The van der Waals surface area contributed by atoms with Crippen LogP contribution in [-0.4, -0.2) is 124 Å². The van der Waals surface area contributed by atoms with Crippen LogP contribution in [0.4, 0.5) is 15.6 Å². The highest BCUT2D eigenvalue weighted by Crippen LogP contribution is 2.55. The van der Waals surface area contributed by atoms with Gasteiger partial charge in [-0.1, -0.05) is 57.3 Å². The summed E-state index contributed by atoms with van der Waals surface area (Å²) in [4.78, 5) is 62.0. The van der Waals surface area contributed by atoms with E-state index >= 15 is 0 Å². The Bertz CT molecular complexity index is 2370. The summed E-state index contributed by atoms with van der Waals surface area (Å²) < 4.78 is 29.4. The second kappa shape index (κ2) is 18.7. The van der Waals surface area contributed by atoms with Crippen LogP contribution >= 0.6 is 11.3 Å². The highest BCUT2D eigenvalue weighted by atomic mass is 32.1. The van der Waals surface area contributed by atoms with Crippen LogP contribution < -0.4 is 15.0 Å². The maximum absolute atomic E-state index is 14.7. The van der Waals surface area contributed by atoms with E-state index in [0.717, 1.165) is 11.3 Å². The van der Waals surface area contributed by atoms with E-state index < -0.39 is 89.1 Å². The van der Waals surface area contributed by atoms with E-state index in [4.69, 9.17) is 28.7 Å². The quantitative estimate of drug-likeness (QED) is 0.151. The maximum Gasteiger partial charge on any atom is 0.409 e. The highest BCUT2D eigenvalue weighted by Gasteiger charge is 2.50. The largest absolute Gasteiger partial charge is 0.507 e. The van der Waals surface area contributed by atoms with Crippen molar-refractivity contribution in [3.8, 4) is 17.2 Å². The number of benzene rings is 2. The number of hydrogen-bond acceptors (Lipinski definition) is 16. The number of anilines is 2. The predicted octanol–water partition coefficient (Wildman–Crippen LogP) is 5.94. The van der Waals surface area contributed by atoms with Crippen molar-refractivity contribution < 1.29 is 63.3 Å². The number of ketones is 1. The Kier molecular flexibility index (Phi) is 14.0. The van der Waals surface area contributed by atoms with Gasteiger partial charge in [-0.2, -0.15) is 0 Å². The molecule has 1 aromatic heterocycles. The molecule has 3 aromatic rings. The van der Waals surface area contributed by atoms with Crippen molar-refractivity contribution in [1.29, 1.82) is 0 Å². The number of methoxy groups -OCH3 is 1. The normalized spacial score (nSPS) is 30.4. The van der Waals surface area contributed by atoms with Crippen LogP contribution in [0, 0.1) is 30.6 Å². The number of thiazole rings is 1. The van der Waals surface area contributed by atoms with E-state index in [9.17, 15) is 39.6 Å². The molecule has 18 heteroatoms. The average Bonchev–Trinajstić information content (AvgIpc) is 3.81. The first-order valence-electron chi connectivity index (χ1n) is 21.1. The van der Waals surface area contributed by atoms with Gasteiger partial charge in [0.25, 0.3) is 11.7 Å². The molecular weight excluding hydrogens is 837 g/mol. The number of fused-ring (bicyclic) bond motifs is 1. The molecule has 3 aliphatic heterocycles. The number of carbonyl (C=O) groups excluding carboxylic acids is 4. The maximum atomic E-state index is 14.7. The van der Waals surface area contributed by atoms with Gasteiger partial charge in [0.05, 0.1) is 52.3 Å². The van der Waals surface area contributed by atoms with Gasteiger partial charge in [-0.15, -0.1) is 0 Å². The van der Waals surface area contributed by atoms with Gasteiger partial charge < -0.3 is 59.2 Å². The van der Waals surface area contributed by atoms with E-state index in [-0.39, 0.29) is 51.0 Å². The lowest BCUT2D eigenvalue weighted by atomic mass is 9.78. The molecule has 1 fully saturated rings. The van der Waals surface area contributed by atoms with Gasteiger partial charge in [0.15, 0.2) is 10.9 Å². The van der Waals surface area contributed by atoms with Crippen LogP contribution in [0.3, 0.4) is 0 Å². The molecule has 4 bridgehead atoms. The number of aliphatic hydroxyl groups is 2. The minimum absolute atomic E-state index is 0.00570. The summed E-state index contributed by atoms with van der Waals surface area (Å²) >= 11 is 1.15. The van der Waals surface area contributed by atoms with Crippen molar-refractivity contribution in [2.24, 2.45) is 23.7 Å². The Morgan fingerprint density at radius 3 is 2.30 bits per heavy atom. The Balaban J connectivity index is 1.52. The summed E-state index contributed by atoms with van der Waals surface area (Å²) in [5.41, 5.74) is 0.494. The van der Waals surface area contributed by atoms with Gasteiger partial charge in [0, 0.05) is 87.3 Å². The third-order valence-electron chi connectivity index (χ3n) is 12.4. The second-order valence-electron chi connectivity index (χ2n) is 16.7. The van der Waals surface area contributed by atoms with E-state index in [2.05, 4.69) is 5.32 Å². The summed E-state index contributed by atoms with van der Waals surface area (Å²) in [7, 11) is 1.45. The number of piperazine rings is 1. The fourth-order valence-corrected chi connectivity index (χ4v) is 9.67. The molecule has 2 aromatic carbocycles. The van der Waals surface area contributed by atoms with Crippen molar-refractivity contribution in [1.82, 2.24) is 9.88 Å². The van der Waals surface area contributed by atoms with Gasteiger partial charge >= 0.3 is 17.8 Å². The summed E-state index contributed by atoms with van der Waals surface area (Å²) in [5, 5.41) is 50.1. The smallest absolute Gasteiger partial charge is 0.409 e. The lowest BCUT2D eigenvalue weighted by molar-refractivity contribution is -0.160. The third-order valence-corrected chi connectivity index (χ3v) is 13.6. The number of nitrogens with one attached hydrogen (secondary N) is 1. The van der Waals surface area contributed by atoms with Crippen molar-refractivity contribution >= 4 is 66.9 Å². The first-order chi connectivity index (χ1) is 29.8. The molecular formula is C45H58N4O13S. The Morgan fingerprint density at radius 1 is 0.984 bits per heavy atom. The molecule has 17 nitrogen and oxygen atoms in total. The van der Waals surface area contributed by atoms with Gasteiger partial charge in [0.2, 0.25) is 0 Å². The highest BCUT2D eigenvalue weighted by molar-refractivity contribution is 7.23. The number of phenols is 2. The van der Waals surface area contributed by atoms with Crippen molar-refractivity contribution in [2.75, 3.05) is 50.1 Å². The Hall–Kier alpha value is -5.43. The van der Waals surface area contributed by atoms with Crippen LogP contribution in [0.5, 0.6) is 17.2 Å². The molecule has 4 heterocycles. The molecule has 2 amide bonds. The molecule has 1 saturated heterocycles. The standard InChI is InChI=1S/C45H58N4O13S/c1-11-59-44(57)49-18-16-48(17-19-49)43-47-32-29-30-36(53)26(7)39-31(29)41(55)45(9,62-39)60-20-15-28(58-10)23(4)38(61-27(8)50)25(6)35(52)24(5)34(51)21(2)13-12-14-22(3)42(56)46-33(37(30)54)40(32)63-43/h12-15,20-21,23-25,28,34-35,38,51-54H,11,16-19H2,1-10H3,(H,46,56)/b13-12+,20-15+,22-14-. The van der Waals surface area contributed by atoms with Crippen molar-refractivity contribution in [3.05, 3.63) is 47.3 Å². The SMILES string of the molecule is CCOC(=O)N1CCN(c2nc3c(s2)c2c(O)c4c(O)c(C)c5c(c43)C(=O)C(C)(O/C=C/C(OC)C(C)C(OC(C)=O)C(C)C(O)C(C)C(O)C(C)/C=C/C=C(/C)C(=O)N2)O5)CC1. The fraction of sp³-hybridized carbons (Fsp3) is 0.533. The van der Waals surface area contributed by atoms with Crippen LogP contribution in [0.25, 0.3) is 21.0 Å². The topological polar surface area (TPSA) is 227 Å². The number of amides is 2. The first kappa shape index (κ1) is 47.1. The van der Waals surface area contributed by atoms with Crippen LogP contribution in [0.2, 0.25) is 0 Å². The number of phenolic OH excluding ortho intramolecular Hbond substituents is 2. The van der Waals surface area contributed by atoms with E-state index in [1.54, 1.807) is 64.7 Å². The number of ether oxygens (including phenoxy) is 5. The molecule has 63 heavy (non-hydrogen) atoms. The van der Waals surface area contributed by atoms with Gasteiger partial charge in [-0.05, 0) is 26.8 Å². The van der Waals surface area contributed by atoms with Crippen LogP contribution in [0.1, 0.15) is 71.3 Å². The Morgan fingerprint density at radius 2 is 1.67 bits per heavy atom. The molecule has 9 atom stereocenters. The zero-order valence-electron chi connectivity index (χ0n) is 37.3. The summed E-state index contributed by atoms with van der Waals surface area (Å²) in [5.74, 6) is -7.18. The zero-order valence-corrected chi connectivity index (χ0v) is 38.1. The summed E-state index contributed by atoms with van der Waals surface area (Å²) in [6, 6.07) is 0. The third kappa shape index (κ3) is 8.90. The predicted molar refractivity (Wildman–Crippen MR) is 236 cm³/mol. The molecule has 0 spiro atoms. The number of esters is 1. The van der Waals surface area contributed by atoms with Gasteiger partial charge in [-0.3, -0.25) is 14.4 Å². The number of carbonyl (C=O) groups is 4. The zero-order chi connectivity index (χ0) is 46.2. The lowest BCUT2D eigenvalue weighted by Gasteiger charge is -2.38. The molecule has 3 aliphatic rings. The molecule has 9 unspecified atom stereocenters. The second-order valence-corrected chi connectivity index (χ2v) is 17.7. The van der Waals surface area contributed by atoms with Gasteiger partial charge in [-0.25, -0.2) is 9.78 Å². The Labute approximate surface area is 369 Å². The molecule has 0 saturated carbocycles. The first-order valence-corrected chi connectivity index (χ1v) is 21.9. The molecule has 6 rings (SSSR count). The fourth-order valence-electron chi connectivity index (χ4n) is 8.54. The summed E-state index contributed by atoms with van der Waals surface area (Å²) in [6.45, 7) is 16.2. The summed E-state index contributed by atoms with van der Waals surface area (Å²) in [6.07, 6.45) is 3.34. The van der Waals surface area contributed by atoms with Gasteiger partial charge in [0.1, 0.15) is 23.3 Å². The van der Waals surface area contributed by atoms with Crippen LogP contribution in [0.15, 0.2) is 36.1 Å². The van der Waals surface area contributed by atoms with E-state index in [1.165, 1.54) is 40.2 Å². The molecule has 5 N–H and O–H groups in total. The minimum Gasteiger partial charge on any atom is -0.507 e. The molecule has 0 aliphatic carbocycles. The lowest BCUT2D eigenvalue weighted by Crippen LogP contribution is -2.48.